The summed E-state index contributed by atoms with van der Waals surface area (Å²) in [5.41, 5.74) is 0.454. The van der Waals surface area contributed by atoms with Gasteiger partial charge in [0.1, 0.15) is 11.6 Å². The molecule has 0 spiro atoms. The fourth-order valence-electron chi connectivity index (χ4n) is 3.38. The Hall–Kier alpha value is -3.00. The Kier molecular flexibility index (Phi) is 6.23. The summed E-state index contributed by atoms with van der Waals surface area (Å²) in [7, 11) is 0. The van der Waals surface area contributed by atoms with Gasteiger partial charge in [-0.15, -0.1) is 0 Å². The van der Waals surface area contributed by atoms with E-state index in [-0.39, 0.29) is 11.8 Å². The highest BCUT2D eigenvalue weighted by Crippen LogP contribution is 2.31. The van der Waals surface area contributed by atoms with Crippen LogP contribution in [0.4, 0.5) is 15.9 Å². The van der Waals surface area contributed by atoms with Crippen molar-refractivity contribution in [1.82, 2.24) is 9.97 Å². The molecular formula is C22H20BrFN4O2. The molecule has 4 rings (SSSR count). The van der Waals surface area contributed by atoms with Crippen LogP contribution in [-0.4, -0.2) is 29.0 Å². The molecule has 3 aromatic rings. The third-order valence-electron chi connectivity index (χ3n) is 4.96. The van der Waals surface area contributed by atoms with Crippen LogP contribution in [0.2, 0.25) is 0 Å². The van der Waals surface area contributed by atoms with Crippen molar-refractivity contribution in [2.75, 3.05) is 23.3 Å². The van der Waals surface area contributed by atoms with Crippen LogP contribution in [-0.2, 0) is 4.79 Å². The first-order valence-corrected chi connectivity index (χ1v) is 10.4. The van der Waals surface area contributed by atoms with Gasteiger partial charge in [-0.1, -0.05) is 18.2 Å². The van der Waals surface area contributed by atoms with E-state index in [0.717, 1.165) is 0 Å². The Morgan fingerprint density at radius 3 is 2.57 bits per heavy atom. The minimum Gasteiger partial charge on any atom is -0.436 e. The molecule has 1 amide bonds. The molecule has 30 heavy (non-hydrogen) atoms. The summed E-state index contributed by atoms with van der Waals surface area (Å²) in [5, 5.41) is 2.81. The summed E-state index contributed by atoms with van der Waals surface area (Å²) in [6.45, 7) is 1.30. The molecule has 0 aliphatic carbocycles. The normalized spacial score (nSPS) is 14.4. The van der Waals surface area contributed by atoms with Gasteiger partial charge in [0.25, 0.3) is 5.88 Å². The number of hydrogen-bond donors (Lipinski definition) is 1. The average Bonchev–Trinajstić information content (AvgIpc) is 2.77. The summed E-state index contributed by atoms with van der Waals surface area (Å²) in [6.07, 6.45) is 4.55. The highest BCUT2D eigenvalue weighted by atomic mass is 79.9. The largest absolute Gasteiger partial charge is 0.436 e. The zero-order valence-corrected chi connectivity index (χ0v) is 17.7. The van der Waals surface area contributed by atoms with E-state index in [1.165, 1.54) is 6.07 Å². The molecule has 1 saturated heterocycles. The summed E-state index contributed by atoms with van der Waals surface area (Å²) >= 11 is 3.11. The predicted molar refractivity (Wildman–Crippen MR) is 116 cm³/mol. The number of benzene rings is 2. The van der Waals surface area contributed by atoms with Crippen molar-refractivity contribution in [2.45, 2.75) is 12.8 Å². The van der Waals surface area contributed by atoms with Gasteiger partial charge in [0.15, 0.2) is 5.82 Å². The fourth-order valence-corrected chi connectivity index (χ4v) is 3.63. The molecule has 0 atom stereocenters. The van der Waals surface area contributed by atoms with Crippen LogP contribution in [0.25, 0.3) is 0 Å². The molecule has 0 bridgehead atoms. The summed E-state index contributed by atoms with van der Waals surface area (Å²) in [6, 6.07) is 14.0. The molecule has 2 heterocycles. The van der Waals surface area contributed by atoms with Gasteiger partial charge >= 0.3 is 0 Å². The molecule has 1 fully saturated rings. The van der Waals surface area contributed by atoms with Crippen molar-refractivity contribution >= 4 is 33.3 Å². The van der Waals surface area contributed by atoms with Crippen LogP contribution in [0.3, 0.4) is 0 Å². The van der Waals surface area contributed by atoms with Crippen LogP contribution >= 0.6 is 15.9 Å². The molecule has 0 saturated carbocycles. The van der Waals surface area contributed by atoms with Crippen molar-refractivity contribution in [3.63, 3.8) is 0 Å². The van der Waals surface area contributed by atoms with Crippen LogP contribution in [0, 0.1) is 11.7 Å². The number of amides is 1. The molecule has 0 unspecified atom stereocenters. The summed E-state index contributed by atoms with van der Waals surface area (Å²) in [4.78, 5) is 23.5. The molecule has 1 aliphatic heterocycles. The number of rotatable bonds is 5. The minimum atomic E-state index is -0.406. The van der Waals surface area contributed by atoms with Gasteiger partial charge in [-0.25, -0.2) is 14.4 Å². The number of nitrogens with one attached hydrogen (secondary N) is 1. The van der Waals surface area contributed by atoms with Gasteiger partial charge in [0, 0.05) is 37.1 Å². The van der Waals surface area contributed by atoms with Crippen molar-refractivity contribution in [3.8, 4) is 11.6 Å². The van der Waals surface area contributed by atoms with Crippen molar-refractivity contribution in [2.24, 2.45) is 5.92 Å². The van der Waals surface area contributed by atoms with Crippen LogP contribution in [0.1, 0.15) is 12.8 Å². The lowest BCUT2D eigenvalue weighted by Gasteiger charge is -2.32. The summed E-state index contributed by atoms with van der Waals surface area (Å²) < 4.78 is 19.9. The first-order chi connectivity index (χ1) is 14.6. The van der Waals surface area contributed by atoms with Gasteiger partial charge in [-0.05, 0) is 59.1 Å². The molecule has 1 aliphatic rings. The van der Waals surface area contributed by atoms with Crippen LogP contribution < -0.4 is 15.0 Å². The van der Waals surface area contributed by atoms with Crippen LogP contribution in [0.5, 0.6) is 11.6 Å². The van der Waals surface area contributed by atoms with Gasteiger partial charge in [-0.2, -0.15) is 0 Å². The second-order valence-electron chi connectivity index (χ2n) is 6.98. The zero-order valence-electron chi connectivity index (χ0n) is 16.1. The third-order valence-corrected chi connectivity index (χ3v) is 5.60. The molecule has 0 radical (unpaired) electrons. The van der Waals surface area contributed by atoms with Gasteiger partial charge in [0.05, 0.1) is 4.47 Å². The minimum absolute atomic E-state index is 0.101. The second-order valence-corrected chi connectivity index (χ2v) is 7.83. The van der Waals surface area contributed by atoms with E-state index in [9.17, 15) is 9.18 Å². The number of nitrogens with zero attached hydrogens (tertiary/aromatic N) is 3. The Morgan fingerprint density at radius 1 is 1.10 bits per heavy atom. The van der Waals surface area contributed by atoms with Gasteiger partial charge in [0.2, 0.25) is 5.91 Å². The maximum Gasteiger partial charge on any atom is 0.263 e. The van der Waals surface area contributed by atoms with E-state index in [0.29, 0.717) is 53.5 Å². The quantitative estimate of drug-likeness (QED) is 0.566. The first-order valence-electron chi connectivity index (χ1n) is 9.65. The van der Waals surface area contributed by atoms with E-state index >= 15 is 0 Å². The maximum absolute atomic E-state index is 13.7. The zero-order chi connectivity index (χ0) is 20.9. The number of ether oxygens (including phenoxy) is 1. The van der Waals surface area contributed by atoms with Crippen molar-refractivity contribution in [3.05, 3.63) is 71.2 Å². The fraction of sp³-hybridized carbons (Fsp3) is 0.227. The Balaban J connectivity index is 1.39. The molecular weight excluding hydrogens is 451 g/mol. The molecule has 6 nitrogen and oxygen atoms in total. The van der Waals surface area contributed by atoms with Gasteiger partial charge in [-0.3, -0.25) is 4.79 Å². The Morgan fingerprint density at radius 2 is 1.83 bits per heavy atom. The predicted octanol–water partition coefficient (Wildman–Crippen LogP) is 5.03. The Bertz CT molecular complexity index is 1030. The van der Waals surface area contributed by atoms with E-state index in [1.54, 1.807) is 24.5 Å². The highest BCUT2D eigenvalue weighted by Gasteiger charge is 2.27. The first kappa shape index (κ1) is 20.3. The average molecular weight is 471 g/mol. The van der Waals surface area contributed by atoms with Gasteiger partial charge < -0.3 is 15.0 Å². The smallest absolute Gasteiger partial charge is 0.263 e. The summed E-state index contributed by atoms with van der Waals surface area (Å²) in [5.74, 6) is 1.14. The molecule has 1 aromatic heterocycles. The standard InChI is InChI=1S/C22H20BrFN4O2/c23-18-7-6-16(14-19(18)24)27-21(29)15-8-12-28(13-9-15)20-22(26-11-10-25-20)30-17-4-2-1-3-5-17/h1-7,10-11,14-15H,8-9,12-13H2,(H,27,29). The van der Waals surface area contributed by atoms with E-state index in [1.807, 2.05) is 30.3 Å². The number of piperidine rings is 1. The number of para-hydroxylation sites is 1. The van der Waals surface area contributed by atoms with Crippen molar-refractivity contribution in [1.29, 1.82) is 0 Å². The monoisotopic (exact) mass is 470 g/mol. The number of carbonyl (C=O) groups is 1. The topological polar surface area (TPSA) is 67.4 Å². The molecule has 154 valence electrons. The van der Waals surface area contributed by atoms with Crippen molar-refractivity contribution < 1.29 is 13.9 Å². The highest BCUT2D eigenvalue weighted by molar-refractivity contribution is 9.10. The maximum atomic E-state index is 13.7. The van der Waals surface area contributed by atoms with E-state index < -0.39 is 5.82 Å². The number of carbonyl (C=O) groups excluding carboxylic acids is 1. The Labute approximate surface area is 182 Å². The third kappa shape index (κ3) is 4.76. The molecule has 2 aromatic carbocycles. The molecule has 8 heteroatoms. The van der Waals surface area contributed by atoms with E-state index in [2.05, 4.69) is 36.1 Å². The van der Waals surface area contributed by atoms with Crippen LogP contribution in [0.15, 0.2) is 65.4 Å². The van der Waals surface area contributed by atoms with E-state index in [4.69, 9.17) is 4.74 Å². The molecule has 1 N–H and O–H groups in total. The lowest BCUT2D eigenvalue weighted by Crippen LogP contribution is -2.38. The second kappa shape index (κ2) is 9.21. The number of hydrogen-bond acceptors (Lipinski definition) is 5. The lowest BCUT2D eigenvalue weighted by molar-refractivity contribution is -0.120. The number of anilines is 2. The SMILES string of the molecule is O=C(Nc1ccc(Br)c(F)c1)C1CCN(c2nccnc2Oc2ccccc2)CC1. The number of aromatic nitrogens is 2. The number of halogens is 2. The lowest BCUT2D eigenvalue weighted by atomic mass is 9.96.